The van der Waals surface area contributed by atoms with Crippen molar-refractivity contribution in [3.8, 4) is 0 Å². The Bertz CT molecular complexity index is 864. The minimum atomic E-state index is -2.38. The molecule has 0 aromatic heterocycles. The molecule has 0 aromatic carbocycles. The molecule has 0 amide bonds. The molecule has 3 N–H and O–H groups in total. The fourth-order valence-electron chi connectivity index (χ4n) is 8.34. The topological polar surface area (TPSA) is 94.8 Å². The Balaban J connectivity index is 4.77. The van der Waals surface area contributed by atoms with E-state index in [0.717, 1.165) is 57.8 Å². The first-order valence-corrected chi connectivity index (χ1v) is 25.9. The maximum atomic E-state index is 13.7. The summed E-state index contributed by atoms with van der Waals surface area (Å²) < 4.78 is 0. The van der Waals surface area contributed by atoms with E-state index in [0.29, 0.717) is 19.3 Å². The Hall–Kier alpha value is -0.690. The van der Waals surface area contributed by atoms with Crippen LogP contribution in [0.1, 0.15) is 290 Å². The average molecular weight is 823 g/mol. The smallest absolute Gasteiger partial charge is 0.183 e. The van der Waals surface area contributed by atoms with Crippen LogP contribution in [0.15, 0.2) is 0 Å². The van der Waals surface area contributed by atoms with E-state index in [1.165, 1.54) is 180 Å². The fraction of sp³-hybridized carbons (Fsp3) is 0.941. The van der Waals surface area contributed by atoms with Crippen molar-refractivity contribution in [1.82, 2.24) is 0 Å². The minimum Gasteiger partial charge on any atom is -0.386 e. The third-order valence-corrected chi connectivity index (χ3v) is 13.0. The first-order chi connectivity index (χ1) is 27.8. The van der Waals surface area contributed by atoms with Crippen LogP contribution in [0.2, 0.25) is 0 Å². The molecule has 0 bridgehead atoms. The van der Waals surface area contributed by atoms with Crippen molar-refractivity contribution in [1.29, 1.82) is 0 Å². The molecule has 57 heavy (non-hydrogen) atoms. The van der Waals surface area contributed by atoms with Gasteiger partial charge in [0.1, 0.15) is 12.2 Å². The molecule has 338 valence electrons. The molecular formula is C51H98O5S. The maximum Gasteiger partial charge on any atom is 0.183 e. The van der Waals surface area contributed by atoms with E-state index in [2.05, 4.69) is 20.8 Å². The van der Waals surface area contributed by atoms with Gasteiger partial charge in [-0.2, -0.15) is 0 Å². The number of aliphatic hydroxyl groups excluding tert-OH is 2. The SMILES string of the molecule is CCCCCCCCCCCCCCCC(=O)C(O)C(O)C(O)(C(=O)CCCCCCCCCCCCCCC)C(=S)CCCCCCCCCCCCCCC. The van der Waals surface area contributed by atoms with Crippen LogP contribution < -0.4 is 0 Å². The summed E-state index contributed by atoms with van der Waals surface area (Å²) in [7, 11) is 0. The molecule has 0 aliphatic heterocycles. The predicted octanol–water partition coefficient (Wildman–Crippen LogP) is 15.4. The Kier molecular flexibility index (Phi) is 41.5. The summed E-state index contributed by atoms with van der Waals surface area (Å²) in [5.41, 5.74) is -2.38. The molecule has 3 atom stereocenters. The van der Waals surface area contributed by atoms with Crippen molar-refractivity contribution in [2.24, 2.45) is 0 Å². The number of aliphatic hydroxyl groups is 3. The van der Waals surface area contributed by atoms with Gasteiger partial charge in [0.05, 0.1) is 0 Å². The summed E-state index contributed by atoms with van der Waals surface area (Å²) in [6.45, 7) is 6.77. The van der Waals surface area contributed by atoms with Crippen LogP contribution in [0.25, 0.3) is 0 Å². The molecule has 0 saturated carbocycles. The van der Waals surface area contributed by atoms with E-state index in [-0.39, 0.29) is 17.7 Å². The lowest BCUT2D eigenvalue weighted by atomic mass is 9.80. The zero-order chi connectivity index (χ0) is 42.1. The van der Waals surface area contributed by atoms with E-state index in [9.17, 15) is 24.9 Å². The number of hydrogen-bond acceptors (Lipinski definition) is 6. The van der Waals surface area contributed by atoms with Gasteiger partial charge in [0, 0.05) is 17.7 Å². The molecule has 0 radical (unpaired) electrons. The zero-order valence-electron chi connectivity index (χ0n) is 38.4. The highest BCUT2D eigenvalue weighted by Gasteiger charge is 2.50. The lowest BCUT2D eigenvalue weighted by Crippen LogP contribution is -2.60. The van der Waals surface area contributed by atoms with E-state index in [1.54, 1.807) is 0 Å². The number of carbonyl (C=O) groups excluding carboxylic acids is 2. The van der Waals surface area contributed by atoms with Crippen LogP contribution in [0.3, 0.4) is 0 Å². The number of ketones is 2. The van der Waals surface area contributed by atoms with Crippen molar-refractivity contribution in [2.75, 3.05) is 0 Å². The number of hydrogen-bond donors (Lipinski definition) is 3. The van der Waals surface area contributed by atoms with Crippen LogP contribution in [0.4, 0.5) is 0 Å². The van der Waals surface area contributed by atoms with Gasteiger partial charge >= 0.3 is 0 Å². The summed E-state index contributed by atoms with van der Waals surface area (Å²) in [6, 6.07) is 0. The third-order valence-electron chi connectivity index (χ3n) is 12.4. The Morgan fingerprint density at radius 3 is 0.895 bits per heavy atom. The molecule has 0 aromatic rings. The number of thiocarbonyl (C=S) groups is 1. The molecular weight excluding hydrogens is 725 g/mol. The molecule has 0 fully saturated rings. The van der Waals surface area contributed by atoms with Crippen LogP contribution in [0.5, 0.6) is 0 Å². The van der Waals surface area contributed by atoms with Gasteiger partial charge in [-0.3, -0.25) is 9.59 Å². The van der Waals surface area contributed by atoms with Crippen molar-refractivity contribution in [2.45, 2.75) is 308 Å². The fourth-order valence-corrected chi connectivity index (χ4v) is 8.72. The van der Waals surface area contributed by atoms with Crippen LogP contribution in [-0.4, -0.2) is 49.6 Å². The van der Waals surface area contributed by atoms with Gasteiger partial charge in [-0.1, -0.05) is 264 Å². The van der Waals surface area contributed by atoms with Crippen LogP contribution in [-0.2, 0) is 9.59 Å². The molecule has 6 heteroatoms. The van der Waals surface area contributed by atoms with Crippen LogP contribution >= 0.6 is 12.2 Å². The van der Waals surface area contributed by atoms with Gasteiger partial charge < -0.3 is 15.3 Å². The summed E-state index contributed by atoms with van der Waals surface area (Å²) in [5, 5.41) is 34.2. The maximum absolute atomic E-state index is 13.7. The zero-order valence-corrected chi connectivity index (χ0v) is 39.2. The van der Waals surface area contributed by atoms with Crippen molar-refractivity contribution >= 4 is 28.6 Å². The predicted molar refractivity (Wildman–Crippen MR) is 251 cm³/mol. The van der Waals surface area contributed by atoms with E-state index >= 15 is 0 Å². The molecule has 0 aliphatic carbocycles. The van der Waals surface area contributed by atoms with Crippen molar-refractivity contribution in [3.63, 3.8) is 0 Å². The van der Waals surface area contributed by atoms with E-state index < -0.39 is 29.4 Å². The van der Waals surface area contributed by atoms with E-state index in [4.69, 9.17) is 12.2 Å². The Morgan fingerprint density at radius 1 is 0.386 bits per heavy atom. The van der Waals surface area contributed by atoms with Crippen molar-refractivity contribution in [3.05, 3.63) is 0 Å². The molecule has 0 saturated heterocycles. The second kappa shape index (κ2) is 42.0. The van der Waals surface area contributed by atoms with Gasteiger partial charge in [0.2, 0.25) is 0 Å². The first-order valence-electron chi connectivity index (χ1n) is 25.4. The normalized spacial score (nSPS) is 13.8. The summed E-state index contributed by atoms with van der Waals surface area (Å²) in [6.07, 6.45) is 43.6. The minimum absolute atomic E-state index is 0.0746. The lowest BCUT2D eigenvalue weighted by molar-refractivity contribution is -0.154. The van der Waals surface area contributed by atoms with Gasteiger partial charge in [-0.25, -0.2) is 0 Å². The number of Topliss-reactive ketones (excluding diaryl/α,β-unsaturated/α-hetero) is 2. The van der Waals surface area contributed by atoms with Gasteiger partial charge in [0.15, 0.2) is 17.2 Å². The standard InChI is InChI=1S/C51H98O5S/c1-4-7-10-13-16-19-22-25-28-31-34-37-40-43-46(52)49(54)50(55)51(56,47(53)44-41-38-35-32-29-26-23-20-17-14-11-8-5-2)48(57)45-42-39-36-33-30-27-24-21-18-15-12-9-6-3/h49-50,54-56H,4-45H2,1-3H3. The second-order valence-electron chi connectivity index (χ2n) is 17.9. The molecule has 0 heterocycles. The summed E-state index contributed by atoms with van der Waals surface area (Å²) in [4.78, 5) is 26.8. The summed E-state index contributed by atoms with van der Waals surface area (Å²) >= 11 is 5.68. The molecule has 0 rings (SSSR count). The molecule has 0 aliphatic rings. The summed E-state index contributed by atoms with van der Waals surface area (Å²) in [5.74, 6) is -1.06. The number of carbonyl (C=O) groups is 2. The second-order valence-corrected chi connectivity index (χ2v) is 18.4. The van der Waals surface area contributed by atoms with Gasteiger partial charge in [0.25, 0.3) is 0 Å². The highest BCUT2D eigenvalue weighted by Crippen LogP contribution is 2.27. The van der Waals surface area contributed by atoms with E-state index in [1.807, 2.05) is 0 Å². The highest BCUT2D eigenvalue weighted by molar-refractivity contribution is 7.80. The van der Waals surface area contributed by atoms with Gasteiger partial charge in [-0.05, 0) is 25.7 Å². The van der Waals surface area contributed by atoms with Gasteiger partial charge in [-0.15, -0.1) is 0 Å². The number of rotatable bonds is 47. The van der Waals surface area contributed by atoms with Crippen LogP contribution in [0, 0.1) is 0 Å². The quantitative estimate of drug-likeness (QED) is 0.0418. The third kappa shape index (κ3) is 31.8. The lowest BCUT2D eigenvalue weighted by Gasteiger charge is -2.34. The monoisotopic (exact) mass is 823 g/mol. The Morgan fingerprint density at radius 2 is 0.614 bits per heavy atom. The largest absolute Gasteiger partial charge is 0.386 e. The molecule has 5 nitrogen and oxygen atoms in total. The Labute approximate surface area is 360 Å². The highest BCUT2D eigenvalue weighted by atomic mass is 32.1. The average Bonchev–Trinajstić information content (AvgIpc) is 3.21. The first kappa shape index (κ1) is 56.3. The molecule has 0 spiro atoms. The molecule has 3 unspecified atom stereocenters. The van der Waals surface area contributed by atoms with Crippen molar-refractivity contribution < 1.29 is 24.9 Å². The number of unbranched alkanes of at least 4 members (excludes halogenated alkanes) is 36.